The number of benzene rings is 1. The van der Waals surface area contributed by atoms with Crippen LogP contribution in [0.25, 0.3) is 10.2 Å². The molecular formula is C21H22ClN3O3S. The van der Waals surface area contributed by atoms with E-state index < -0.39 is 0 Å². The van der Waals surface area contributed by atoms with E-state index >= 15 is 0 Å². The predicted molar refractivity (Wildman–Crippen MR) is 115 cm³/mol. The molecule has 8 heteroatoms. The lowest BCUT2D eigenvalue weighted by molar-refractivity contribution is -0.130. The number of ether oxygens (including phenoxy) is 1. The van der Waals surface area contributed by atoms with Crippen LogP contribution in [0.4, 0.5) is 0 Å². The molecule has 29 heavy (non-hydrogen) atoms. The van der Waals surface area contributed by atoms with Gasteiger partial charge in [0.15, 0.2) is 0 Å². The molecule has 3 aromatic rings. The van der Waals surface area contributed by atoms with Crippen LogP contribution in [0.1, 0.15) is 23.3 Å². The van der Waals surface area contributed by atoms with Crippen molar-refractivity contribution in [3.8, 4) is 5.75 Å². The molecule has 2 aromatic heterocycles. The van der Waals surface area contributed by atoms with Crippen molar-refractivity contribution in [1.82, 2.24) is 14.5 Å². The molecule has 0 bridgehead atoms. The number of carbonyl (C=O) groups excluding carboxylic acids is 1. The van der Waals surface area contributed by atoms with Gasteiger partial charge in [-0.1, -0.05) is 11.6 Å². The highest BCUT2D eigenvalue weighted by Gasteiger charge is 2.21. The number of rotatable bonds is 6. The molecule has 152 valence electrons. The van der Waals surface area contributed by atoms with E-state index in [9.17, 15) is 9.59 Å². The van der Waals surface area contributed by atoms with Gasteiger partial charge in [0.1, 0.15) is 23.7 Å². The maximum Gasteiger partial charge on any atom is 0.262 e. The monoisotopic (exact) mass is 431 g/mol. The van der Waals surface area contributed by atoms with Crippen LogP contribution in [-0.2, 0) is 24.2 Å². The summed E-state index contributed by atoms with van der Waals surface area (Å²) in [5, 5.41) is 1.35. The molecular weight excluding hydrogens is 410 g/mol. The summed E-state index contributed by atoms with van der Waals surface area (Å²) in [4.78, 5) is 33.6. The normalized spacial score (nSPS) is 13.3. The first-order valence-electron chi connectivity index (χ1n) is 9.65. The van der Waals surface area contributed by atoms with Crippen LogP contribution < -0.4 is 10.3 Å². The van der Waals surface area contributed by atoms with E-state index in [0.717, 1.165) is 36.1 Å². The zero-order chi connectivity index (χ0) is 20.4. The van der Waals surface area contributed by atoms with Gasteiger partial charge in [0.05, 0.1) is 18.3 Å². The van der Waals surface area contributed by atoms with Crippen molar-refractivity contribution in [3.63, 3.8) is 0 Å². The Balaban J connectivity index is 1.41. The van der Waals surface area contributed by atoms with E-state index in [2.05, 4.69) is 4.98 Å². The maximum atomic E-state index is 13.0. The van der Waals surface area contributed by atoms with Crippen LogP contribution in [0.3, 0.4) is 0 Å². The fourth-order valence-corrected chi connectivity index (χ4v) is 4.86. The summed E-state index contributed by atoms with van der Waals surface area (Å²) in [6, 6.07) is 7.08. The largest absolute Gasteiger partial charge is 0.492 e. The average Bonchev–Trinajstić information content (AvgIpc) is 3.10. The quantitative estimate of drug-likeness (QED) is 0.599. The summed E-state index contributed by atoms with van der Waals surface area (Å²) in [6.45, 7) is 0.748. The number of aryl methyl sites for hydroxylation is 2. The van der Waals surface area contributed by atoms with Gasteiger partial charge in [-0.2, -0.15) is 0 Å². The van der Waals surface area contributed by atoms with Gasteiger partial charge >= 0.3 is 0 Å². The van der Waals surface area contributed by atoms with Crippen LogP contribution in [0.15, 0.2) is 35.4 Å². The molecule has 0 spiro atoms. The average molecular weight is 432 g/mol. The lowest BCUT2D eigenvalue weighted by Crippen LogP contribution is -2.36. The van der Waals surface area contributed by atoms with Crippen molar-refractivity contribution in [2.45, 2.75) is 32.2 Å². The lowest BCUT2D eigenvalue weighted by Gasteiger charge is -2.18. The number of carbonyl (C=O) groups is 1. The van der Waals surface area contributed by atoms with Gasteiger partial charge in [-0.3, -0.25) is 14.2 Å². The molecule has 0 aliphatic heterocycles. The van der Waals surface area contributed by atoms with Crippen molar-refractivity contribution in [2.24, 2.45) is 0 Å². The smallest absolute Gasteiger partial charge is 0.262 e. The van der Waals surface area contributed by atoms with E-state index in [4.69, 9.17) is 16.3 Å². The second-order valence-electron chi connectivity index (χ2n) is 7.19. The highest BCUT2D eigenvalue weighted by atomic mass is 35.5. The zero-order valence-electron chi connectivity index (χ0n) is 16.2. The summed E-state index contributed by atoms with van der Waals surface area (Å²) in [5.41, 5.74) is 1.02. The van der Waals surface area contributed by atoms with Crippen LogP contribution in [0.2, 0.25) is 5.02 Å². The zero-order valence-corrected chi connectivity index (χ0v) is 17.8. The number of halogens is 1. The maximum absolute atomic E-state index is 13.0. The number of fused-ring (bicyclic) bond motifs is 3. The SMILES string of the molecule is CN(CCOc1ccc(Cl)cc1)C(=O)Cn1cnc2sc3c(c2c1=O)CCCC3. The third-order valence-corrected chi connectivity index (χ3v) is 6.63. The Morgan fingerprint density at radius 1 is 1.28 bits per heavy atom. The Hall–Kier alpha value is -2.38. The number of nitrogens with zero attached hydrogens (tertiary/aromatic N) is 3. The summed E-state index contributed by atoms with van der Waals surface area (Å²) in [7, 11) is 1.71. The first-order valence-corrected chi connectivity index (χ1v) is 10.8. The second kappa shape index (κ2) is 8.55. The molecule has 0 saturated carbocycles. The highest BCUT2D eigenvalue weighted by Crippen LogP contribution is 2.33. The fourth-order valence-electron chi connectivity index (χ4n) is 3.52. The van der Waals surface area contributed by atoms with E-state index in [0.29, 0.717) is 29.3 Å². The molecule has 1 amide bonds. The highest BCUT2D eigenvalue weighted by molar-refractivity contribution is 7.18. The van der Waals surface area contributed by atoms with Gasteiger partial charge in [0, 0.05) is 16.9 Å². The van der Waals surface area contributed by atoms with E-state index in [1.54, 1.807) is 47.5 Å². The molecule has 0 atom stereocenters. The number of amides is 1. The molecule has 0 N–H and O–H groups in total. The van der Waals surface area contributed by atoms with Crippen molar-refractivity contribution in [3.05, 3.63) is 56.4 Å². The molecule has 6 nitrogen and oxygen atoms in total. The van der Waals surface area contributed by atoms with E-state index in [1.807, 2.05) is 0 Å². The van der Waals surface area contributed by atoms with Gasteiger partial charge in [0.2, 0.25) is 5.91 Å². The number of hydrogen-bond donors (Lipinski definition) is 0. The van der Waals surface area contributed by atoms with Gasteiger partial charge < -0.3 is 9.64 Å². The van der Waals surface area contributed by atoms with Crippen LogP contribution >= 0.6 is 22.9 Å². The summed E-state index contributed by atoms with van der Waals surface area (Å²) >= 11 is 7.47. The second-order valence-corrected chi connectivity index (χ2v) is 8.71. The Morgan fingerprint density at radius 2 is 2.03 bits per heavy atom. The molecule has 0 radical (unpaired) electrons. The third kappa shape index (κ3) is 4.31. The predicted octanol–water partition coefficient (Wildman–Crippen LogP) is 3.53. The molecule has 1 aliphatic carbocycles. The van der Waals surface area contributed by atoms with Crippen LogP contribution in [-0.4, -0.2) is 40.6 Å². The Labute approximate surface area is 177 Å². The Morgan fingerprint density at radius 3 is 2.83 bits per heavy atom. The van der Waals surface area contributed by atoms with Crippen molar-refractivity contribution in [1.29, 1.82) is 0 Å². The molecule has 0 saturated heterocycles. The van der Waals surface area contributed by atoms with Gasteiger partial charge in [-0.25, -0.2) is 4.98 Å². The minimum atomic E-state index is -0.156. The van der Waals surface area contributed by atoms with Crippen LogP contribution in [0, 0.1) is 0 Å². The van der Waals surface area contributed by atoms with E-state index in [1.165, 1.54) is 15.8 Å². The summed E-state index contributed by atoms with van der Waals surface area (Å²) < 4.78 is 7.05. The molecule has 1 aromatic carbocycles. The molecule has 2 heterocycles. The minimum Gasteiger partial charge on any atom is -0.492 e. The molecule has 0 fully saturated rings. The van der Waals surface area contributed by atoms with Gasteiger partial charge in [0.25, 0.3) is 5.56 Å². The number of thiophene rings is 1. The lowest BCUT2D eigenvalue weighted by atomic mass is 9.97. The van der Waals surface area contributed by atoms with Crippen molar-refractivity contribution in [2.75, 3.05) is 20.2 Å². The summed E-state index contributed by atoms with van der Waals surface area (Å²) in [5.74, 6) is 0.542. The van der Waals surface area contributed by atoms with Crippen molar-refractivity contribution >= 4 is 39.1 Å². The molecule has 1 aliphatic rings. The first kappa shape index (κ1) is 19.9. The van der Waals surface area contributed by atoms with E-state index in [-0.39, 0.29) is 18.0 Å². The fraction of sp³-hybridized carbons (Fsp3) is 0.381. The molecule has 4 rings (SSSR count). The Bertz CT molecular complexity index is 1090. The molecule has 0 unspecified atom stereocenters. The van der Waals surface area contributed by atoms with Gasteiger partial charge in [-0.15, -0.1) is 11.3 Å². The number of likely N-dealkylation sites (N-methyl/N-ethyl adjacent to an activating group) is 1. The van der Waals surface area contributed by atoms with Crippen molar-refractivity contribution < 1.29 is 9.53 Å². The third-order valence-electron chi connectivity index (χ3n) is 5.18. The van der Waals surface area contributed by atoms with Gasteiger partial charge in [-0.05, 0) is 55.5 Å². The standard InChI is InChI=1S/C21H22ClN3O3S/c1-24(10-11-28-15-8-6-14(22)7-9-15)18(26)12-25-13-23-20-19(21(25)27)16-4-2-3-5-17(16)29-20/h6-9,13H,2-5,10-12H2,1H3. The Kier molecular flexibility index (Phi) is 5.87. The summed E-state index contributed by atoms with van der Waals surface area (Å²) in [6.07, 6.45) is 5.69. The number of hydrogen-bond acceptors (Lipinski definition) is 5. The topological polar surface area (TPSA) is 64.4 Å². The van der Waals surface area contributed by atoms with Crippen LogP contribution in [0.5, 0.6) is 5.75 Å². The first-order chi connectivity index (χ1) is 14.0. The minimum absolute atomic E-state index is 0.0240. The number of aromatic nitrogens is 2.